The molecule has 0 aliphatic carbocycles. The lowest BCUT2D eigenvalue weighted by atomic mass is 10.1. The topological polar surface area (TPSA) is 18.5 Å². The van der Waals surface area contributed by atoms with Crippen molar-refractivity contribution < 1.29 is 9.47 Å². The molecule has 1 heterocycles. The van der Waals surface area contributed by atoms with Crippen LogP contribution in [0.3, 0.4) is 0 Å². The van der Waals surface area contributed by atoms with Gasteiger partial charge in [0.25, 0.3) is 0 Å². The van der Waals surface area contributed by atoms with Crippen LogP contribution in [0.5, 0.6) is 0 Å². The monoisotopic (exact) mass is 188 g/mol. The van der Waals surface area contributed by atoms with Gasteiger partial charge in [0.05, 0.1) is 13.2 Å². The van der Waals surface area contributed by atoms with Crippen LogP contribution in [0.25, 0.3) is 0 Å². The van der Waals surface area contributed by atoms with Crippen molar-refractivity contribution in [2.45, 2.75) is 53.2 Å². The third kappa shape index (κ3) is 3.28. The first-order valence-corrected chi connectivity index (χ1v) is 5.00. The fourth-order valence-corrected chi connectivity index (χ4v) is 1.58. The van der Waals surface area contributed by atoms with E-state index in [1.54, 1.807) is 0 Å². The first-order chi connectivity index (χ1) is 5.72. The van der Waals surface area contributed by atoms with Gasteiger partial charge in [0.1, 0.15) is 0 Å². The molecule has 0 bridgehead atoms. The minimum Gasteiger partial charge on any atom is -0.350 e. The Kier molecular flexibility index (Phi) is 5.57. The molecule has 0 unspecified atom stereocenters. The number of hydrogen-bond donors (Lipinski definition) is 0. The number of ether oxygens (including phenoxy) is 2. The second-order valence-electron chi connectivity index (χ2n) is 3.74. The Morgan fingerprint density at radius 3 is 2.15 bits per heavy atom. The summed E-state index contributed by atoms with van der Waals surface area (Å²) in [6.07, 6.45) is 3.12. The van der Waals surface area contributed by atoms with E-state index in [2.05, 4.69) is 20.8 Å². The smallest absolute Gasteiger partial charge is 0.168 e. The molecule has 0 aromatic heterocycles. The normalized spacial score (nSPS) is 33.9. The summed E-state index contributed by atoms with van der Waals surface area (Å²) < 4.78 is 11.5. The Hall–Kier alpha value is -0.0800. The van der Waals surface area contributed by atoms with Crippen molar-refractivity contribution in [1.29, 1.82) is 0 Å². The van der Waals surface area contributed by atoms with Gasteiger partial charge in [-0.2, -0.15) is 0 Å². The van der Waals surface area contributed by atoms with Gasteiger partial charge in [-0.05, 0) is 6.42 Å². The summed E-state index contributed by atoms with van der Waals surface area (Å²) in [5.74, 6) is 0.308. The average molecular weight is 188 g/mol. The van der Waals surface area contributed by atoms with Gasteiger partial charge < -0.3 is 9.47 Å². The molecular weight excluding hydrogens is 164 g/mol. The van der Waals surface area contributed by atoms with Crippen LogP contribution in [-0.2, 0) is 9.47 Å². The zero-order chi connectivity index (χ0) is 9.03. The van der Waals surface area contributed by atoms with E-state index in [9.17, 15) is 0 Å². The number of rotatable bonds is 3. The van der Waals surface area contributed by atoms with E-state index in [-0.39, 0.29) is 13.2 Å². The van der Waals surface area contributed by atoms with Gasteiger partial charge >= 0.3 is 0 Å². The summed E-state index contributed by atoms with van der Waals surface area (Å²) in [7, 11) is 0. The highest BCUT2D eigenvalue weighted by atomic mass is 16.7. The van der Waals surface area contributed by atoms with Crippen LogP contribution in [0.15, 0.2) is 0 Å². The van der Waals surface area contributed by atoms with E-state index in [1.165, 1.54) is 0 Å². The van der Waals surface area contributed by atoms with E-state index in [4.69, 9.17) is 9.47 Å². The molecule has 2 nitrogen and oxygen atoms in total. The summed E-state index contributed by atoms with van der Waals surface area (Å²) in [5.41, 5.74) is 0. The highest BCUT2D eigenvalue weighted by Crippen LogP contribution is 2.29. The van der Waals surface area contributed by atoms with Gasteiger partial charge in [-0.3, -0.25) is 0 Å². The molecule has 0 saturated carbocycles. The van der Waals surface area contributed by atoms with E-state index >= 15 is 0 Å². The van der Waals surface area contributed by atoms with Gasteiger partial charge in [0.15, 0.2) is 5.79 Å². The molecular formula is C11H24O2. The van der Waals surface area contributed by atoms with E-state index in [0.717, 1.165) is 32.5 Å². The molecule has 0 spiro atoms. The van der Waals surface area contributed by atoms with E-state index < -0.39 is 0 Å². The zero-order valence-electron chi connectivity index (χ0n) is 8.43. The molecule has 80 valence electrons. The molecule has 1 rings (SSSR count). The van der Waals surface area contributed by atoms with Crippen molar-refractivity contribution in [2.24, 2.45) is 5.92 Å². The third-order valence-corrected chi connectivity index (χ3v) is 2.43. The second-order valence-corrected chi connectivity index (χ2v) is 3.74. The third-order valence-electron chi connectivity index (χ3n) is 2.43. The summed E-state index contributed by atoms with van der Waals surface area (Å²) in [5, 5.41) is 0. The Balaban J connectivity index is 0.00000144. The van der Waals surface area contributed by atoms with Crippen molar-refractivity contribution in [3.8, 4) is 0 Å². The summed E-state index contributed by atoms with van der Waals surface area (Å²) >= 11 is 0. The molecule has 0 aromatic carbocycles. The Bertz CT molecular complexity index is 126. The summed E-state index contributed by atoms with van der Waals surface area (Å²) in [6, 6.07) is 0. The highest BCUT2D eigenvalue weighted by Gasteiger charge is 2.33. The summed E-state index contributed by atoms with van der Waals surface area (Å²) in [4.78, 5) is 0. The van der Waals surface area contributed by atoms with Crippen molar-refractivity contribution in [1.82, 2.24) is 0 Å². The molecule has 0 atom stereocenters. The molecule has 13 heavy (non-hydrogen) atoms. The molecule has 1 saturated heterocycles. The minimum atomic E-state index is -0.249. The predicted octanol–water partition coefficient (Wildman–Crippen LogP) is 3.21. The summed E-state index contributed by atoms with van der Waals surface area (Å²) in [6.45, 7) is 8.17. The van der Waals surface area contributed by atoms with Crippen molar-refractivity contribution in [3.05, 3.63) is 0 Å². The first-order valence-electron chi connectivity index (χ1n) is 5.00. The highest BCUT2D eigenvalue weighted by molar-refractivity contribution is 4.72. The Morgan fingerprint density at radius 1 is 1.23 bits per heavy atom. The maximum atomic E-state index is 5.75. The van der Waals surface area contributed by atoms with E-state index in [1.807, 2.05) is 0 Å². The molecule has 0 aromatic rings. The van der Waals surface area contributed by atoms with E-state index in [0.29, 0.717) is 5.92 Å². The average Bonchev–Trinajstić information content (AvgIpc) is 2.10. The maximum Gasteiger partial charge on any atom is 0.168 e. The largest absolute Gasteiger partial charge is 0.350 e. The first kappa shape index (κ1) is 12.9. The van der Waals surface area contributed by atoms with Gasteiger partial charge in [0.2, 0.25) is 0 Å². The quantitative estimate of drug-likeness (QED) is 0.677. The molecule has 0 radical (unpaired) electrons. The molecule has 2 heteroatoms. The number of hydrogen-bond acceptors (Lipinski definition) is 2. The van der Waals surface area contributed by atoms with Crippen molar-refractivity contribution >= 4 is 0 Å². The van der Waals surface area contributed by atoms with Gasteiger partial charge in [0, 0.05) is 12.3 Å². The lowest BCUT2D eigenvalue weighted by Gasteiger charge is -2.38. The van der Waals surface area contributed by atoms with Crippen LogP contribution in [0.2, 0.25) is 0 Å². The molecule has 0 amide bonds. The fourth-order valence-electron chi connectivity index (χ4n) is 1.58. The SMILES string of the molecule is C.CCCC1(CC)OCC(C)CO1. The van der Waals surface area contributed by atoms with Gasteiger partial charge in [-0.1, -0.05) is 34.6 Å². The molecule has 0 N–H and O–H groups in total. The van der Waals surface area contributed by atoms with Crippen LogP contribution >= 0.6 is 0 Å². The zero-order valence-corrected chi connectivity index (χ0v) is 8.43. The van der Waals surface area contributed by atoms with Crippen molar-refractivity contribution in [3.63, 3.8) is 0 Å². The fraction of sp³-hybridized carbons (Fsp3) is 1.00. The predicted molar refractivity (Wildman–Crippen MR) is 55.7 cm³/mol. The van der Waals surface area contributed by atoms with Crippen LogP contribution in [0, 0.1) is 5.92 Å². The Morgan fingerprint density at radius 2 is 1.77 bits per heavy atom. The standard InChI is InChI=1S/C10H20O2.CH4/c1-4-6-10(5-2)11-7-9(3)8-12-10;/h9H,4-8H2,1-3H3;1H4. The van der Waals surface area contributed by atoms with Crippen LogP contribution in [0.1, 0.15) is 47.5 Å². The molecule has 1 aliphatic rings. The lowest BCUT2D eigenvalue weighted by Crippen LogP contribution is -2.42. The van der Waals surface area contributed by atoms with Gasteiger partial charge in [-0.25, -0.2) is 0 Å². The molecule has 1 aliphatic heterocycles. The Labute approximate surface area is 82.6 Å². The van der Waals surface area contributed by atoms with Crippen LogP contribution < -0.4 is 0 Å². The van der Waals surface area contributed by atoms with Crippen LogP contribution in [0.4, 0.5) is 0 Å². The van der Waals surface area contributed by atoms with Crippen LogP contribution in [-0.4, -0.2) is 19.0 Å². The lowest BCUT2D eigenvalue weighted by molar-refractivity contribution is -0.285. The second kappa shape index (κ2) is 5.61. The minimum absolute atomic E-state index is 0. The van der Waals surface area contributed by atoms with Crippen molar-refractivity contribution in [2.75, 3.05) is 13.2 Å². The molecule has 1 fully saturated rings. The van der Waals surface area contributed by atoms with Gasteiger partial charge in [-0.15, -0.1) is 0 Å². The maximum absolute atomic E-state index is 5.75.